The van der Waals surface area contributed by atoms with Crippen LogP contribution in [0.3, 0.4) is 0 Å². The molecule has 1 aromatic heterocycles. The third-order valence-electron chi connectivity index (χ3n) is 5.23. The van der Waals surface area contributed by atoms with E-state index in [2.05, 4.69) is 29.0 Å². The SMILES string of the molecule is CCC(C)NS(=O)(=O)Cc1cccc(NC(=O)CCc2c(C)nn(CC(C)C)c2C)c1. The van der Waals surface area contributed by atoms with E-state index in [1.54, 1.807) is 24.3 Å². The molecule has 172 valence electrons. The van der Waals surface area contributed by atoms with E-state index in [1.807, 2.05) is 32.4 Å². The van der Waals surface area contributed by atoms with Crippen LogP contribution in [0.1, 0.15) is 63.1 Å². The van der Waals surface area contributed by atoms with Crippen molar-refractivity contribution < 1.29 is 13.2 Å². The fourth-order valence-corrected chi connectivity index (χ4v) is 4.95. The van der Waals surface area contributed by atoms with E-state index in [9.17, 15) is 13.2 Å². The minimum absolute atomic E-state index is 0.104. The number of carbonyl (C=O) groups is 1. The smallest absolute Gasteiger partial charge is 0.224 e. The summed E-state index contributed by atoms with van der Waals surface area (Å²) in [5.74, 6) is 0.285. The summed E-state index contributed by atoms with van der Waals surface area (Å²) in [4.78, 5) is 12.5. The maximum atomic E-state index is 12.5. The van der Waals surface area contributed by atoms with Gasteiger partial charge in [-0.05, 0) is 62.8 Å². The zero-order chi connectivity index (χ0) is 23.2. The molecule has 1 amide bonds. The average Bonchev–Trinajstić information content (AvgIpc) is 2.91. The van der Waals surface area contributed by atoms with Gasteiger partial charge in [0.2, 0.25) is 15.9 Å². The van der Waals surface area contributed by atoms with Crippen LogP contribution in [0.15, 0.2) is 24.3 Å². The van der Waals surface area contributed by atoms with E-state index in [1.165, 1.54) is 0 Å². The van der Waals surface area contributed by atoms with Crippen LogP contribution >= 0.6 is 0 Å². The Morgan fingerprint density at radius 2 is 1.90 bits per heavy atom. The van der Waals surface area contributed by atoms with E-state index in [-0.39, 0.29) is 17.7 Å². The lowest BCUT2D eigenvalue weighted by atomic mass is 10.1. The molecule has 0 aliphatic rings. The predicted octanol–water partition coefficient (Wildman–Crippen LogP) is 3.95. The number of amides is 1. The molecule has 1 unspecified atom stereocenters. The number of hydrogen-bond acceptors (Lipinski definition) is 4. The highest BCUT2D eigenvalue weighted by Gasteiger charge is 2.16. The van der Waals surface area contributed by atoms with Gasteiger partial charge in [0.15, 0.2) is 0 Å². The van der Waals surface area contributed by atoms with Crippen LogP contribution in [0, 0.1) is 19.8 Å². The number of rotatable bonds is 11. The molecule has 0 saturated carbocycles. The highest BCUT2D eigenvalue weighted by Crippen LogP contribution is 2.18. The molecule has 0 aliphatic heterocycles. The minimum Gasteiger partial charge on any atom is -0.326 e. The molecule has 1 heterocycles. The summed E-state index contributed by atoms with van der Waals surface area (Å²) in [5.41, 5.74) is 4.43. The van der Waals surface area contributed by atoms with E-state index in [0.29, 0.717) is 30.0 Å². The number of nitrogens with zero attached hydrogens (tertiary/aromatic N) is 2. The van der Waals surface area contributed by atoms with E-state index in [0.717, 1.165) is 29.9 Å². The summed E-state index contributed by atoms with van der Waals surface area (Å²) >= 11 is 0. The van der Waals surface area contributed by atoms with Gasteiger partial charge in [-0.2, -0.15) is 5.10 Å². The summed E-state index contributed by atoms with van der Waals surface area (Å²) in [5, 5.41) is 7.49. The van der Waals surface area contributed by atoms with Crippen molar-refractivity contribution in [3.05, 3.63) is 46.8 Å². The quantitative estimate of drug-likeness (QED) is 0.544. The van der Waals surface area contributed by atoms with E-state index in [4.69, 9.17) is 0 Å². The Morgan fingerprint density at radius 1 is 1.19 bits per heavy atom. The fraction of sp³-hybridized carbons (Fsp3) is 0.565. The topological polar surface area (TPSA) is 93.1 Å². The van der Waals surface area contributed by atoms with Crippen molar-refractivity contribution in [1.29, 1.82) is 0 Å². The number of sulfonamides is 1. The van der Waals surface area contributed by atoms with Gasteiger partial charge in [0.05, 0.1) is 11.4 Å². The molecule has 8 heteroatoms. The van der Waals surface area contributed by atoms with Crippen LogP contribution in [0.25, 0.3) is 0 Å². The monoisotopic (exact) mass is 448 g/mol. The van der Waals surface area contributed by atoms with Crippen molar-refractivity contribution in [2.24, 2.45) is 5.92 Å². The van der Waals surface area contributed by atoms with Gasteiger partial charge >= 0.3 is 0 Å². The Morgan fingerprint density at radius 3 is 2.55 bits per heavy atom. The van der Waals surface area contributed by atoms with E-state index >= 15 is 0 Å². The second kappa shape index (κ2) is 10.9. The van der Waals surface area contributed by atoms with Crippen LogP contribution in [0.4, 0.5) is 5.69 Å². The molecule has 0 aliphatic carbocycles. The lowest BCUT2D eigenvalue weighted by Crippen LogP contribution is -2.32. The first kappa shape index (κ1) is 25.1. The van der Waals surface area contributed by atoms with Gasteiger partial charge in [-0.15, -0.1) is 0 Å². The molecule has 0 bridgehead atoms. The highest BCUT2D eigenvalue weighted by molar-refractivity contribution is 7.88. The molecular formula is C23H36N4O3S. The van der Waals surface area contributed by atoms with Crippen molar-refractivity contribution in [3.8, 4) is 0 Å². The molecule has 0 fully saturated rings. The Kier molecular flexibility index (Phi) is 8.82. The summed E-state index contributed by atoms with van der Waals surface area (Å²) in [7, 11) is -3.43. The molecule has 0 saturated heterocycles. The fourth-order valence-electron chi connectivity index (χ4n) is 3.47. The molecular weight excluding hydrogens is 412 g/mol. The van der Waals surface area contributed by atoms with Crippen LogP contribution in [0.5, 0.6) is 0 Å². The molecule has 2 rings (SSSR count). The van der Waals surface area contributed by atoms with Crippen LogP contribution in [-0.2, 0) is 33.5 Å². The number of anilines is 1. The molecule has 0 spiro atoms. The van der Waals surface area contributed by atoms with Crippen molar-refractivity contribution >= 4 is 21.6 Å². The molecule has 1 aromatic carbocycles. The normalized spacial score (nSPS) is 12.9. The first-order chi connectivity index (χ1) is 14.5. The summed E-state index contributed by atoms with van der Waals surface area (Å²) in [6.45, 7) is 13.0. The average molecular weight is 449 g/mol. The summed E-state index contributed by atoms with van der Waals surface area (Å²) in [6, 6.07) is 6.89. The molecule has 7 nitrogen and oxygen atoms in total. The lowest BCUT2D eigenvalue weighted by molar-refractivity contribution is -0.116. The van der Waals surface area contributed by atoms with Crippen LogP contribution < -0.4 is 10.0 Å². The first-order valence-electron chi connectivity index (χ1n) is 10.9. The van der Waals surface area contributed by atoms with Gasteiger partial charge in [0.1, 0.15) is 0 Å². The number of carbonyl (C=O) groups excluding carboxylic acids is 1. The second-order valence-electron chi connectivity index (χ2n) is 8.66. The number of aromatic nitrogens is 2. The van der Waals surface area contributed by atoms with Gasteiger partial charge < -0.3 is 5.32 Å². The number of hydrogen-bond donors (Lipinski definition) is 2. The van der Waals surface area contributed by atoms with Crippen LogP contribution in [0.2, 0.25) is 0 Å². The zero-order valence-electron chi connectivity index (χ0n) is 19.5. The summed E-state index contributed by atoms with van der Waals surface area (Å²) in [6.07, 6.45) is 1.69. The Balaban J connectivity index is 1.98. The maximum Gasteiger partial charge on any atom is 0.224 e. The minimum atomic E-state index is -3.43. The zero-order valence-corrected chi connectivity index (χ0v) is 20.3. The van der Waals surface area contributed by atoms with Crippen LogP contribution in [-0.4, -0.2) is 30.1 Å². The largest absolute Gasteiger partial charge is 0.326 e. The van der Waals surface area contributed by atoms with Crippen molar-refractivity contribution in [2.75, 3.05) is 5.32 Å². The van der Waals surface area contributed by atoms with Gasteiger partial charge in [0.25, 0.3) is 0 Å². The Bertz CT molecular complexity index is 996. The van der Waals surface area contributed by atoms with Crippen molar-refractivity contribution in [3.63, 3.8) is 0 Å². The summed E-state index contributed by atoms with van der Waals surface area (Å²) < 4.78 is 29.2. The number of benzene rings is 1. The van der Waals surface area contributed by atoms with Gasteiger partial charge in [-0.1, -0.05) is 32.9 Å². The highest BCUT2D eigenvalue weighted by atomic mass is 32.2. The van der Waals surface area contributed by atoms with Crippen molar-refractivity contribution in [2.45, 2.75) is 79.1 Å². The molecule has 1 atom stereocenters. The van der Waals surface area contributed by atoms with Crippen molar-refractivity contribution in [1.82, 2.24) is 14.5 Å². The lowest BCUT2D eigenvalue weighted by Gasteiger charge is -2.13. The molecule has 31 heavy (non-hydrogen) atoms. The Hall–Kier alpha value is -2.19. The maximum absolute atomic E-state index is 12.5. The number of aryl methyl sites for hydroxylation is 1. The Labute approximate surface area is 186 Å². The van der Waals surface area contributed by atoms with Gasteiger partial charge in [-0.3, -0.25) is 9.48 Å². The third kappa shape index (κ3) is 7.78. The third-order valence-corrected chi connectivity index (χ3v) is 6.71. The number of nitrogens with one attached hydrogen (secondary N) is 2. The first-order valence-corrected chi connectivity index (χ1v) is 12.6. The molecule has 2 aromatic rings. The predicted molar refractivity (Wildman–Crippen MR) is 125 cm³/mol. The van der Waals surface area contributed by atoms with Gasteiger partial charge in [0, 0.05) is 30.4 Å². The van der Waals surface area contributed by atoms with Gasteiger partial charge in [-0.25, -0.2) is 13.1 Å². The molecule has 0 radical (unpaired) electrons. The van der Waals surface area contributed by atoms with E-state index < -0.39 is 10.0 Å². The standard InChI is InChI=1S/C23H36N4O3S/c1-7-17(4)26-31(29,30)15-20-9-8-10-21(13-20)24-23(28)12-11-22-18(5)25-27(19(22)6)14-16(2)3/h8-10,13,16-17,26H,7,11-12,14-15H2,1-6H3,(H,24,28). The second-order valence-corrected chi connectivity index (χ2v) is 10.4. The molecule has 2 N–H and O–H groups in total.